The zero-order valence-corrected chi connectivity index (χ0v) is 21.2. The Morgan fingerprint density at radius 2 is 1.83 bits per heavy atom. The maximum Gasteiger partial charge on any atom is 0.416 e. The molecule has 0 spiro atoms. The minimum absolute atomic E-state index is 0.0426. The highest BCUT2D eigenvalue weighted by molar-refractivity contribution is 5.93. The number of nitrogens with two attached hydrogens (primary N) is 1. The average Bonchev–Trinajstić information content (AvgIpc) is 2.81. The van der Waals surface area contributed by atoms with Crippen LogP contribution in [0.4, 0.5) is 13.2 Å². The molecule has 7 nitrogen and oxygen atoms in total. The fraction of sp³-hybridized carbons (Fsp3) is 0.654. The van der Waals surface area contributed by atoms with Gasteiger partial charge in [0.2, 0.25) is 5.91 Å². The van der Waals surface area contributed by atoms with Crippen molar-refractivity contribution in [2.45, 2.75) is 83.8 Å². The number of amides is 1. The zero-order chi connectivity index (χ0) is 27.0. The van der Waals surface area contributed by atoms with Crippen LogP contribution in [0.15, 0.2) is 24.3 Å². The van der Waals surface area contributed by atoms with Gasteiger partial charge in [-0.1, -0.05) is 38.5 Å². The molecule has 10 heteroatoms. The first kappa shape index (κ1) is 29.9. The Hall–Kier alpha value is -2.30. The number of halogens is 3. The highest BCUT2D eigenvalue weighted by atomic mass is 19.4. The highest BCUT2D eigenvalue weighted by Gasteiger charge is 2.37. The van der Waals surface area contributed by atoms with E-state index in [0.29, 0.717) is 13.0 Å². The summed E-state index contributed by atoms with van der Waals surface area (Å²) in [6.45, 7) is 5.41. The number of ketones is 2. The Balaban J connectivity index is 2.18. The van der Waals surface area contributed by atoms with Crippen LogP contribution < -0.4 is 11.1 Å². The summed E-state index contributed by atoms with van der Waals surface area (Å²) in [6, 6.07) is 3.83. The molecular weight excluding hydrogens is 475 g/mol. The molecule has 1 aliphatic rings. The lowest BCUT2D eigenvalue weighted by molar-refractivity contribution is -0.139. The van der Waals surface area contributed by atoms with Gasteiger partial charge in [-0.25, -0.2) is 0 Å². The quantitative estimate of drug-likeness (QED) is 0.396. The van der Waals surface area contributed by atoms with Crippen LogP contribution >= 0.6 is 0 Å². The van der Waals surface area contributed by atoms with Crippen LogP contribution in [0.1, 0.15) is 64.0 Å². The second kappa shape index (κ2) is 13.3. The number of Topliss-reactive ketones (excluding diaryl/α,β-unsaturated/α-hetero) is 2. The summed E-state index contributed by atoms with van der Waals surface area (Å²) in [6.07, 6.45) is -3.77. The normalized spacial score (nSPS) is 19.5. The van der Waals surface area contributed by atoms with Gasteiger partial charge in [-0.2, -0.15) is 13.2 Å². The van der Waals surface area contributed by atoms with Crippen molar-refractivity contribution in [1.29, 1.82) is 0 Å². The van der Waals surface area contributed by atoms with E-state index in [1.165, 1.54) is 25.1 Å². The number of nitrogens with zero attached hydrogens (tertiary/aromatic N) is 1. The SMILES string of the molecule is CC(C)C(=O)[C@H](CCN)NC(=O)[C@@H](CC(=O)[C@@H]1CCCCN1Cc1ccccc1C(F)(F)F)[C@H](C)O. The predicted octanol–water partition coefficient (Wildman–Crippen LogP) is 3.07. The first-order valence-electron chi connectivity index (χ1n) is 12.5. The number of nitrogens with one attached hydrogen (secondary N) is 1. The van der Waals surface area contributed by atoms with E-state index in [-0.39, 0.29) is 49.0 Å². The molecule has 0 saturated carbocycles. The Bertz CT molecular complexity index is 905. The molecule has 1 aromatic rings. The maximum atomic E-state index is 13.5. The molecule has 4 N–H and O–H groups in total. The molecule has 1 aromatic carbocycles. The van der Waals surface area contributed by atoms with Crippen molar-refractivity contribution in [2.75, 3.05) is 13.1 Å². The van der Waals surface area contributed by atoms with Crippen LogP contribution in [0.3, 0.4) is 0 Å². The molecule has 0 bridgehead atoms. The molecular formula is C26H38F3N3O4. The van der Waals surface area contributed by atoms with Crippen molar-refractivity contribution in [3.63, 3.8) is 0 Å². The van der Waals surface area contributed by atoms with Crippen molar-refractivity contribution in [3.8, 4) is 0 Å². The summed E-state index contributed by atoms with van der Waals surface area (Å²) in [5, 5.41) is 12.9. The van der Waals surface area contributed by atoms with E-state index in [9.17, 15) is 32.7 Å². The van der Waals surface area contributed by atoms with Gasteiger partial charge in [-0.15, -0.1) is 0 Å². The molecule has 1 amide bonds. The standard InChI is InChI=1S/C26H38F3N3O4/c1-16(2)24(35)21(11-12-30)31-25(36)19(17(3)33)14-23(34)22-10-6-7-13-32(22)15-18-8-4-5-9-20(18)26(27,28)29/h4-5,8-9,16-17,19,21-22,33H,6-7,10-15,30H2,1-3H3,(H,31,36)/t17-,19-,21-,22-/m0/s1. The van der Waals surface area contributed by atoms with Crippen molar-refractivity contribution in [2.24, 2.45) is 17.6 Å². The summed E-state index contributed by atoms with van der Waals surface area (Å²) < 4.78 is 40.5. The van der Waals surface area contributed by atoms with E-state index in [0.717, 1.165) is 18.9 Å². The van der Waals surface area contributed by atoms with E-state index in [1.807, 2.05) is 0 Å². The molecule has 0 radical (unpaired) electrons. The molecule has 0 unspecified atom stereocenters. The number of carbonyl (C=O) groups is 3. The summed E-state index contributed by atoms with van der Waals surface area (Å²) >= 11 is 0. The van der Waals surface area contributed by atoms with Gasteiger partial charge < -0.3 is 16.2 Å². The second-order valence-electron chi connectivity index (χ2n) is 9.85. The number of alkyl halides is 3. The summed E-state index contributed by atoms with van der Waals surface area (Å²) in [7, 11) is 0. The largest absolute Gasteiger partial charge is 0.416 e. The minimum Gasteiger partial charge on any atom is -0.393 e. The van der Waals surface area contributed by atoms with Crippen molar-refractivity contribution >= 4 is 17.5 Å². The molecule has 36 heavy (non-hydrogen) atoms. The van der Waals surface area contributed by atoms with Crippen molar-refractivity contribution < 1.29 is 32.7 Å². The van der Waals surface area contributed by atoms with Crippen LogP contribution in [0.5, 0.6) is 0 Å². The van der Waals surface area contributed by atoms with E-state index >= 15 is 0 Å². The molecule has 0 aliphatic carbocycles. The number of rotatable bonds is 12. The number of aliphatic hydroxyl groups is 1. The number of piperidine rings is 1. The van der Waals surface area contributed by atoms with Crippen LogP contribution in [0.2, 0.25) is 0 Å². The Morgan fingerprint density at radius 3 is 2.42 bits per heavy atom. The van der Waals surface area contributed by atoms with Crippen LogP contribution in [-0.4, -0.2) is 58.8 Å². The fourth-order valence-corrected chi connectivity index (χ4v) is 4.67. The van der Waals surface area contributed by atoms with Gasteiger partial charge in [-0.05, 0) is 50.9 Å². The van der Waals surface area contributed by atoms with Crippen LogP contribution in [-0.2, 0) is 27.1 Å². The Kier molecular flexibility index (Phi) is 11.1. The fourth-order valence-electron chi connectivity index (χ4n) is 4.67. The summed E-state index contributed by atoms with van der Waals surface area (Å²) in [4.78, 5) is 40.5. The maximum absolute atomic E-state index is 13.5. The van der Waals surface area contributed by atoms with Gasteiger partial charge in [0.05, 0.1) is 29.7 Å². The Labute approximate surface area is 210 Å². The van der Waals surface area contributed by atoms with Crippen molar-refractivity contribution in [1.82, 2.24) is 10.2 Å². The first-order chi connectivity index (χ1) is 16.9. The monoisotopic (exact) mass is 513 g/mol. The third-order valence-corrected chi connectivity index (χ3v) is 6.71. The number of hydrogen-bond donors (Lipinski definition) is 3. The zero-order valence-electron chi connectivity index (χ0n) is 21.2. The molecule has 4 atom stereocenters. The molecule has 1 heterocycles. The average molecular weight is 514 g/mol. The summed E-state index contributed by atoms with van der Waals surface area (Å²) in [5.41, 5.74) is 4.95. The van der Waals surface area contributed by atoms with Gasteiger partial charge in [0.15, 0.2) is 11.6 Å². The lowest BCUT2D eigenvalue weighted by Crippen LogP contribution is -2.50. The van der Waals surface area contributed by atoms with E-state index < -0.39 is 41.8 Å². The van der Waals surface area contributed by atoms with Gasteiger partial charge in [0.1, 0.15) is 0 Å². The first-order valence-corrected chi connectivity index (χ1v) is 12.5. The minimum atomic E-state index is -4.51. The number of aliphatic hydroxyl groups excluding tert-OH is 1. The number of hydrogen-bond acceptors (Lipinski definition) is 6. The van der Waals surface area contributed by atoms with E-state index in [4.69, 9.17) is 5.73 Å². The summed E-state index contributed by atoms with van der Waals surface area (Å²) in [5.74, 6) is -2.54. The molecule has 1 aliphatic heterocycles. The number of carbonyl (C=O) groups excluding carboxylic acids is 3. The van der Waals surface area contributed by atoms with E-state index in [2.05, 4.69) is 5.32 Å². The smallest absolute Gasteiger partial charge is 0.393 e. The number of likely N-dealkylation sites (tertiary alicyclic amines) is 1. The molecule has 2 rings (SSSR count). The third-order valence-electron chi connectivity index (χ3n) is 6.71. The molecule has 0 aromatic heterocycles. The molecule has 1 fully saturated rings. The van der Waals surface area contributed by atoms with Gasteiger partial charge >= 0.3 is 6.18 Å². The number of benzene rings is 1. The highest BCUT2D eigenvalue weighted by Crippen LogP contribution is 2.33. The van der Waals surface area contributed by atoms with Crippen molar-refractivity contribution in [3.05, 3.63) is 35.4 Å². The lowest BCUT2D eigenvalue weighted by atomic mass is 9.88. The lowest BCUT2D eigenvalue weighted by Gasteiger charge is -2.36. The van der Waals surface area contributed by atoms with Gasteiger partial charge in [0, 0.05) is 18.9 Å². The topological polar surface area (TPSA) is 113 Å². The second-order valence-corrected chi connectivity index (χ2v) is 9.85. The van der Waals surface area contributed by atoms with Crippen LogP contribution in [0, 0.1) is 11.8 Å². The van der Waals surface area contributed by atoms with Crippen LogP contribution in [0.25, 0.3) is 0 Å². The van der Waals surface area contributed by atoms with E-state index in [1.54, 1.807) is 18.7 Å². The molecule has 1 saturated heterocycles. The Morgan fingerprint density at radius 1 is 1.17 bits per heavy atom. The van der Waals surface area contributed by atoms with Gasteiger partial charge in [-0.3, -0.25) is 19.3 Å². The third kappa shape index (κ3) is 8.11. The molecule has 202 valence electrons. The predicted molar refractivity (Wildman–Crippen MR) is 130 cm³/mol. The van der Waals surface area contributed by atoms with Gasteiger partial charge in [0.25, 0.3) is 0 Å².